The lowest BCUT2D eigenvalue weighted by molar-refractivity contribution is 0.243. The molecule has 2 aromatic carbocycles. The van der Waals surface area contributed by atoms with Gasteiger partial charge in [-0.05, 0) is 43.9 Å². The Labute approximate surface area is 144 Å². The van der Waals surface area contributed by atoms with Crippen molar-refractivity contribution in [1.29, 1.82) is 0 Å². The SMILES string of the molecule is CN(C)c1ccc(C(CNC(=O)Nc2ccccc2)N(C)C)cc1. The van der Waals surface area contributed by atoms with Gasteiger partial charge in [0.1, 0.15) is 0 Å². The van der Waals surface area contributed by atoms with Crippen molar-refractivity contribution in [3.63, 3.8) is 0 Å². The van der Waals surface area contributed by atoms with Gasteiger partial charge in [-0.15, -0.1) is 0 Å². The lowest BCUT2D eigenvalue weighted by atomic mass is 10.1. The van der Waals surface area contributed by atoms with Gasteiger partial charge in [0.2, 0.25) is 0 Å². The number of hydrogen-bond donors (Lipinski definition) is 2. The highest BCUT2D eigenvalue weighted by Gasteiger charge is 2.15. The summed E-state index contributed by atoms with van der Waals surface area (Å²) in [6, 6.07) is 17.8. The van der Waals surface area contributed by atoms with Gasteiger partial charge in [-0.1, -0.05) is 30.3 Å². The van der Waals surface area contributed by atoms with Crippen LogP contribution in [0.2, 0.25) is 0 Å². The van der Waals surface area contributed by atoms with Crippen molar-refractivity contribution < 1.29 is 4.79 Å². The molecule has 0 saturated heterocycles. The Bertz CT molecular complexity index is 638. The summed E-state index contributed by atoms with van der Waals surface area (Å²) in [6.07, 6.45) is 0. The van der Waals surface area contributed by atoms with Crippen molar-refractivity contribution in [3.8, 4) is 0 Å². The summed E-state index contributed by atoms with van der Waals surface area (Å²) in [6.45, 7) is 0.535. The topological polar surface area (TPSA) is 47.6 Å². The summed E-state index contributed by atoms with van der Waals surface area (Å²) in [5.41, 5.74) is 3.11. The van der Waals surface area contributed by atoms with Crippen LogP contribution < -0.4 is 15.5 Å². The second-order valence-electron chi connectivity index (χ2n) is 6.17. The van der Waals surface area contributed by atoms with Gasteiger partial charge in [-0.3, -0.25) is 0 Å². The molecule has 0 aromatic heterocycles. The van der Waals surface area contributed by atoms with Crippen molar-refractivity contribution in [2.24, 2.45) is 0 Å². The van der Waals surface area contributed by atoms with E-state index in [1.807, 2.05) is 58.5 Å². The maximum absolute atomic E-state index is 12.1. The Morgan fingerprint density at radius 3 is 2.12 bits per heavy atom. The van der Waals surface area contributed by atoms with Crippen molar-refractivity contribution in [2.75, 3.05) is 45.0 Å². The first-order chi connectivity index (χ1) is 11.5. The molecule has 5 nitrogen and oxygen atoms in total. The van der Waals surface area contributed by atoms with Gasteiger partial charge in [0.25, 0.3) is 0 Å². The number of urea groups is 1. The molecule has 0 spiro atoms. The molecule has 0 aliphatic carbocycles. The van der Waals surface area contributed by atoms with Crippen LogP contribution in [0.15, 0.2) is 54.6 Å². The van der Waals surface area contributed by atoms with Crippen molar-refractivity contribution in [1.82, 2.24) is 10.2 Å². The van der Waals surface area contributed by atoms with Crippen LogP contribution in [0, 0.1) is 0 Å². The van der Waals surface area contributed by atoms with Crippen molar-refractivity contribution in [3.05, 3.63) is 60.2 Å². The molecule has 2 N–H and O–H groups in total. The second kappa shape index (κ2) is 8.36. The highest BCUT2D eigenvalue weighted by atomic mass is 16.2. The molecule has 128 valence electrons. The van der Waals surface area contributed by atoms with E-state index in [4.69, 9.17) is 0 Å². The minimum atomic E-state index is -0.196. The number of benzene rings is 2. The molecule has 0 radical (unpaired) electrons. The number of para-hydroxylation sites is 1. The predicted molar refractivity (Wildman–Crippen MR) is 101 cm³/mol. The van der Waals surface area contributed by atoms with E-state index in [0.717, 1.165) is 11.4 Å². The second-order valence-corrected chi connectivity index (χ2v) is 6.17. The molecule has 2 rings (SSSR count). The third-order valence-electron chi connectivity index (χ3n) is 3.91. The molecule has 2 aromatic rings. The predicted octanol–water partition coefficient (Wildman–Crippen LogP) is 3.18. The van der Waals surface area contributed by atoms with Crippen LogP contribution in [0.3, 0.4) is 0 Å². The molecule has 0 bridgehead atoms. The van der Waals surface area contributed by atoms with Gasteiger partial charge in [-0.2, -0.15) is 0 Å². The molecule has 1 unspecified atom stereocenters. The van der Waals surface area contributed by atoms with Gasteiger partial charge in [0.05, 0.1) is 6.04 Å². The first kappa shape index (κ1) is 17.8. The minimum absolute atomic E-state index is 0.114. The van der Waals surface area contributed by atoms with E-state index < -0.39 is 0 Å². The monoisotopic (exact) mass is 326 g/mol. The smallest absolute Gasteiger partial charge is 0.319 e. The third kappa shape index (κ3) is 4.99. The van der Waals surface area contributed by atoms with Gasteiger partial charge in [0.15, 0.2) is 0 Å². The van der Waals surface area contributed by atoms with Crippen LogP contribution in [0.5, 0.6) is 0 Å². The van der Waals surface area contributed by atoms with Crippen molar-refractivity contribution in [2.45, 2.75) is 6.04 Å². The normalized spacial score (nSPS) is 11.9. The van der Waals surface area contributed by atoms with E-state index in [1.165, 1.54) is 5.56 Å². The number of amides is 2. The van der Waals surface area contributed by atoms with E-state index >= 15 is 0 Å². The molecule has 0 aliphatic rings. The standard InChI is InChI=1S/C19H26N4O/c1-22(2)17-12-10-15(11-13-17)18(23(3)4)14-20-19(24)21-16-8-6-5-7-9-16/h5-13,18H,14H2,1-4H3,(H2,20,21,24). The Hall–Kier alpha value is -2.53. The molecule has 5 heteroatoms. The first-order valence-corrected chi connectivity index (χ1v) is 8.01. The van der Waals surface area contributed by atoms with Gasteiger partial charge in [0, 0.05) is 32.0 Å². The summed E-state index contributed by atoms with van der Waals surface area (Å²) in [5, 5.41) is 5.78. The number of nitrogens with zero attached hydrogens (tertiary/aromatic N) is 2. The molecule has 24 heavy (non-hydrogen) atoms. The van der Waals surface area contributed by atoms with Gasteiger partial charge in [-0.25, -0.2) is 4.79 Å². The van der Waals surface area contributed by atoms with Crippen LogP contribution in [0.1, 0.15) is 11.6 Å². The van der Waals surface area contributed by atoms with E-state index in [9.17, 15) is 4.79 Å². The summed E-state index contributed by atoms with van der Waals surface area (Å²) < 4.78 is 0. The Balaban J connectivity index is 1.97. The fourth-order valence-corrected chi connectivity index (χ4v) is 2.48. The summed E-state index contributed by atoms with van der Waals surface area (Å²) in [7, 11) is 8.07. The van der Waals surface area contributed by atoms with Gasteiger partial charge >= 0.3 is 6.03 Å². The molecule has 1 atom stereocenters. The molecule has 0 heterocycles. The van der Waals surface area contributed by atoms with Crippen LogP contribution >= 0.6 is 0 Å². The molecule has 2 amide bonds. The summed E-state index contributed by atoms with van der Waals surface area (Å²) >= 11 is 0. The minimum Gasteiger partial charge on any atom is -0.378 e. The van der Waals surface area contributed by atoms with E-state index in [2.05, 4.69) is 44.7 Å². The van der Waals surface area contributed by atoms with E-state index in [1.54, 1.807) is 0 Å². The lowest BCUT2D eigenvalue weighted by Crippen LogP contribution is -2.36. The number of anilines is 2. The highest BCUT2D eigenvalue weighted by molar-refractivity contribution is 5.89. The van der Waals surface area contributed by atoms with Crippen molar-refractivity contribution >= 4 is 17.4 Å². The number of rotatable bonds is 6. The first-order valence-electron chi connectivity index (χ1n) is 8.01. The van der Waals surface area contributed by atoms with Gasteiger partial charge < -0.3 is 20.4 Å². The highest BCUT2D eigenvalue weighted by Crippen LogP contribution is 2.21. The fraction of sp³-hybridized carbons (Fsp3) is 0.316. The average molecular weight is 326 g/mol. The zero-order valence-electron chi connectivity index (χ0n) is 14.8. The lowest BCUT2D eigenvalue weighted by Gasteiger charge is -2.26. The quantitative estimate of drug-likeness (QED) is 0.857. The Morgan fingerprint density at radius 1 is 0.958 bits per heavy atom. The van der Waals surface area contributed by atoms with Crippen LogP contribution in [-0.4, -0.2) is 45.7 Å². The number of likely N-dealkylation sites (N-methyl/N-ethyl adjacent to an activating group) is 1. The number of carbonyl (C=O) groups is 1. The molecule has 0 saturated carbocycles. The van der Waals surface area contributed by atoms with E-state index in [0.29, 0.717) is 6.54 Å². The molecule has 0 aliphatic heterocycles. The third-order valence-corrected chi connectivity index (χ3v) is 3.91. The molecular weight excluding hydrogens is 300 g/mol. The van der Waals surface area contributed by atoms with E-state index in [-0.39, 0.29) is 12.1 Å². The number of nitrogens with one attached hydrogen (secondary N) is 2. The van der Waals surface area contributed by atoms with Crippen LogP contribution in [0.25, 0.3) is 0 Å². The molecular formula is C19H26N4O. The van der Waals surface area contributed by atoms with Crippen LogP contribution in [0.4, 0.5) is 16.2 Å². The molecule has 0 fully saturated rings. The fourth-order valence-electron chi connectivity index (χ4n) is 2.48. The number of carbonyl (C=O) groups excluding carboxylic acids is 1. The maximum atomic E-state index is 12.1. The summed E-state index contributed by atoms with van der Waals surface area (Å²) in [5.74, 6) is 0. The largest absolute Gasteiger partial charge is 0.378 e. The zero-order valence-corrected chi connectivity index (χ0v) is 14.8. The Morgan fingerprint density at radius 2 is 1.58 bits per heavy atom. The maximum Gasteiger partial charge on any atom is 0.319 e. The average Bonchev–Trinajstić information content (AvgIpc) is 2.56. The number of hydrogen-bond acceptors (Lipinski definition) is 3. The zero-order chi connectivity index (χ0) is 17.5. The summed E-state index contributed by atoms with van der Waals surface area (Å²) in [4.78, 5) is 16.2. The van der Waals surface area contributed by atoms with Crippen LogP contribution in [-0.2, 0) is 0 Å². The Kier molecular flexibility index (Phi) is 6.21.